The third-order valence-corrected chi connectivity index (χ3v) is 3.93. The lowest BCUT2D eigenvalue weighted by Gasteiger charge is -2.29. The SMILES string of the molecule is CCN(CC)C(CN=C(N)NC(C)COC)Cc1ccccc1.I. The van der Waals surface area contributed by atoms with Crippen LogP contribution in [0.3, 0.4) is 0 Å². The van der Waals surface area contributed by atoms with Crippen molar-refractivity contribution in [3.63, 3.8) is 0 Å². The number of benzene rings is 1. The van der Waals surface area contributed by atoms with Crippen molar-refractivity contribution >= 4 is 29.9 Å². The number of ether oxygens (including phenoxy) is 1. The van der Waals surface area contributed by atoms with E-state index in [1.165, 1.54) is 5.56 Å². The minimum absolute atomic E-state index is 0. The maximum absolute atomic E-state index is 5.99. The van der Waals surface area contributed by atoms with Gasteiger partial charge in [-0.05, 0) is 32.0 Å². The lowest BCUT2D eigenvalue weighted by atomic mass is 10.0. The molecule has 0 saturated heterocycles. The zero-order valence-corrected chi connectivity index (χ0v) is 17.7. The number of hydrogen-bond acceptors (Lipinski definition) is 3. The average molecular weight is 448 g/mol. The van der Waals surface area contributed by atoms with Gasteiger partial charge in [-0.1, -0.05) is 44.2 Å². The molecule has 24 heavy (non-hydrogen) atoms. The van der Waals surface area contributed by atoms with Crippen LogP contribution in [-0.4, -0.2) is 56.3 Å². The van der Waals surface area contributed by atoms with Gasteiger partial charge in [-0.25, -0.2) is 0 Å². The molecule has 0 amide bonds. The van der Waals surface area contributed by atoms with Crippen molar-refractivity contribution < 1.29 is 4.74 Å². The van der Waals surface area contributed by atoms with Crippen molar-refractivity contribution in [3.8, 4) is 0 Å². The topological polar surface area (TPSA) is 62.9 Å². The lowest BCUT2D eigenvalue weighted by Crippen LogP contribution is -2.43. The highest BCUT2D eigenvalue weighted by molar-refractivity contribution is 14.0. The molecule has 0 bridgehead atoms. The molecule has 0 fully saturated rings. The van der Waals surface area contributed by atoms with E-state index in [1.807, 2.05) is 13.0 Å². The first-order valence-electron chi connectivity index (χ1n) is 8.44. The Balaban J connectivity index is 0.00000529. The Morgan fingerprint density at radius 1 is 1.25 bits per heavy atom. The number of methoxy groups -OCH3 is 1. The Kier molecular flexibility index (Phi) is 13.0. The molecule has 5 nitrogen and oxygen atoms in total. The fourth-order valence-electron chi connectivity index (χ4n) is 2.73. The third kappa shape index (κ3) is 8.84. The molecule has 0 spiro atoms. The zero-order chi connectivity index (χ0) is 17.1. The van der Waals surface area contributed by atoms with E-state index in [-0.39, 0.29) is 30.0 Å². The van der Waals surface area contributed by atoms with E-state index in [0.29, 0.717) is 25.2 Å². The van der Waals surface area contributed by atoms with Gasteiger partial charge < -0.3 is 15.8 Å². The number of hydrogen-bond donors (Lipinski definition) is 2. The average Bonchev–Trinajstić information content (AvgIpc) is 2.54. The number of guanidine groups is 1. The van der Waals surface area contributed by atoms with E-state index in [1.54, 1.807) is 7.11 Å². The van der Waals surface area contributed by atoms with Gasteiger partial charge in [0.25, 0.3) is 0 Å². The monoisotopic (exact) mass is 448 g/mol. The maximum atomic E-state index is 5.99. The molecule has 138 valence electrons. The molecular formula is C18H33IN4O. The molecule has 2 atom stereocenters. The maximum Gasteiger partial charge on any atom is 0.188 e. The summed E-state index contributed by atoms with van der Waals surface area (Å²) in [7, 11) is 1.68. The van der Waals surface area contributed by atoms with Crippen LogP contribution in [0.1, 0.15) is 26.3 Å². The molecule has 1 aromatic carbocycles. The van der Waals surface area contributed by atoms with Gasteiger partial charge in [0.1, 0.15) is 0 Å². The van der Waals surface area contributed by atoms with E-state index in [4.69, 9.17) is 10.5 Å². The Bertz CT molecular complexity index is 452. The summed E-state index contributed by atoms with van der Waals surface area (Å²) in [5.41, 5.74) is 7.33. The van der Waals surface area contributed by atoms with E-state index in [2.05, 4.69) is 53.3 Å². The minimum atomic E-state index is 0. The van der Waals surface area contributed by atoms with Gasteiger partial charge in [0.05, 0.1) is 13.2 Å². The van der Waals surface area contributed by atoms with E-state index in [0.717, 1.165) is 19.5 Å². The quantitative estimate of drug-likeness (QED) is 0.328. The number of aliphatic imine (C=N–C) groups is 1. The first kappa shape index (κ1) is 23.1. The van der Waals surface area contributed by atoms with E-state index < -0.39 is 0 Å². The molecule has 0 saturated carbocycles. The fraction of sp³-hybridized carbons (Fsp3) is 0.611. The Morgan fingerprint density at radius 3 is 2.42 bits per heavy atom. The van der Waals surface area contributed by atoms with Crippen LogP contribution < -0.4 is 11.1 Å². The number of nitrogens with one attached hydrogen (secondary N) is 1. The van der Waals surface area contributed by atoms with Gasteiger partial charge in [0.15, 0.2) is 5.96 Å². The van der Waals surface area contributed by atoms with Crippen LogP contribution in [0.15, 0.2) is 35.3 Å². The van der Waals surface area contributed by atoms with Gasteiger partial charge in [0.2, 0.25) is 0 Å². The summed E-state index contributed by atoms with van der Waals surface area (Å²) in [6, 6.07) is 11.1. The molecule has 0 aliphatic heterocycles. The third-order valence-electron chi connectivity index (χ3n) is 3.93. The number of likely N-dealkylation sites (N-methyl/N-ethyl adjacent to an activating group) is 1. The van der Waals surface area contributed by atoms with Gasteiger partial charge in [-0.2, -0.15) is 0 Å². The van der Waals surface area contributed by atoms with Gasteiger partial charge in [0, 0.05) is 19.2 Å². The van der Waals surface area contributed by atoms with E-state index in [9.17, 15) is 0 Å². The largest absolute Gasteiger partial charge is 0.383 e. The second-order valence-electron chi connectivity index (χ2n) is 5.79. The highest BCUT2D eigenvalue weighted by atomic mass is 127. The molecule has 3 N–H and O–H groups in total. The first-order chi connectivity index (χ1) is 11.1. The van der Waals surface area contributed by atoms with Crippen LogP contribution in [0.25, 0.3) is 0 Å². The van der Waals surface area contributed by atoms with Crippen molar-refractivity contribution in [2.75, 3.05) is 33.4 Å². The molecule has 0 heterocycles. The predicted molar refractivity (Wildman–Crippen MR) is 113 cm³/mol. The van der Waals surface area contributed by atoms with E-state index >= 15 is 0 Å². The molecular weight excluding hydrogens is 415 g/mol. The van der Waals surface area contributed by atoms with Crippen LogP contribution in [0, 0.1) is 0 Å². The summed E-state index contributed by atoms with van der Waals surface area (Å²) in [5.74, 6) is 0.486. The predicted octanol–water partition coefficient (Wildman–Crippen LogP) is 2.50. The van der Waals surface area contributed by atoms with Crippen molar-refractivity contribution in [2.45, 2.75) is 39.3 Å². The standard InChI is InChI=1S/C18H32N4O.HI/c1-5-22(6-2)17(12-16-10-8-7-9-11-16)13-20-18(19)21-15(3)14-23-4;/h7-11,15,17H,5-6,12-14H2,1-4H3,(H3,19,20,21);1H. The molecule has 6 heteroatoms. The van der Waals surface area contributed by atoms with Crippen LogP contribution in [-0.2, 0) is 11.2 Å². The van der Waals surface area contributed by atoms with Crippen LogP contribution in [0.4, 0.5) is 0 Å². The summed E-state index contributed by atoms with van der Waals surface area (Å²) in [4.78, 5) is 6.98. The summed E-state index contributed by atoms with van der Waals surface area (Å²) >= 11 is 0. The number of nitrogens with zero attached hydrogens (tertiary/aromatic N) is 2. The summed E-state index contributed by atoms with van der Waals surface area (Å²) in [6.07, 6.45) is 0.979. The Hall–Kier alpha value is -0.860. The Labute approximate surface area is 164 Å². The molecule has 0 radical (unpaired) electrons. The normalized spacial score (nSPS) is 14.1. The number of rotatable bonds is 10. The van der Waals surface area contributed by atoms with Crippen molar-refractivity contribution in [1.29, 1.82) is 0 Å². The molecule has 2 unspecified atom stereocenters. The lowest BCUT2D eigenvalue weighted by molar-refractivity contribution is 0.179. The number of nitrogens with two attached hydrogens (primary N) is 1. The first-order valence-corrected chi connectivity index (χ1v) is 8.44. The molecule has 1 rings (SSSR count). The highest BCUT2D eigenvalue weighted by Gasteiger charge is 2.16. The van der Waals surface area contributed by atoms with Crippen molar-refractivity contribution in [3.05, 3.63) is 35.9 Å². The molecule has 0 aliphatic rings. The number of halogens is 1. The smallest absolute Gasteiger partial charge is 0.188 e. The van der Waals surface area contributed by atoms with Crippen LogP contribution >= 0.6 is 24.0 Å². The van der Waals surface area contributed by atoms with Crippen molar-refractivity contribution in [1.82, 2.24) is 10.2 Å². The van der Waals surface area contributed by atoms with Crippen molar-refractivity contribution in [2.24, 2.45) is 10.7 Å². The van der Waals surface area contributed by atoms with Crippen LogP contribution in [0.2, 0.25) is 0 Å². The summed E-state index contributed by atoms with van der Waals surface area (Å²) < 4.78 is 5.10. The molecule has 0 aromatic heterocycles. The Morgan fingerprint density at radius 2 is 1.88 bits per heavy atom. The minimum Gasteiger partial charge on any atom is -0.383 e. The van der Waals surface area contributed by atoms with Gasteiger partial charge in [-0.3, -0.25) is 9.89 Å². The highest BCUT2D eigenvalue weighted by Crippen LogP contribution is 2.09. The summed E-state index contributed by atoms with van der Waals surface area (Å²) in [5, 5.41) is 3.16. The second kappa shape index (κ2) is 13.4. The van der Waals surface area contributed by atoms with Gasteiger partial charge >= 0.3 is 0 Å². The van der Waals surface area contributed by atoms with Gasteiger partial charge in [-0.15, -0.1) is 24.0 Å². The fourth-order valence-corrected chi connectivity index (χ4v) is 2.73. The second-order valence-corrected chi connectivity index (χ2v) is 5.79. The summed E-state index contributed by atoms with van der Waals surface area (Å²) in [6.45, 7) is 9.72. The molecule has 0 aliphatic carbocycles. The zero-order valence-electron chi connectivity index (χ0n) is 15.4. The van der Waals surface area contributed by atoms with Crippen LogP contribution in [0.5, 0.6) is 0 Å². The molecule has 1 aromatic rings.